The second kappa shape index (κ2) is 4.74. The molecule has 0 aliphatic carbocycles. The van der Waals surface area contributed by atoms with Gasteiger partial charge in [-0.25, -0.2) is 0 Å². The van der Waals surface area contributed by atoms with Crippen LogP contribution in [-0.4, -0.2) is 38.1 Å². The number of carbonyl (C=O) groups is 1. The first-order chi connectivity index (χ1) is 8.58. The van der Waals surface area contributed by atoms with E-state index in [1.165, 1.54) is 4.90 Å². The third-order valence-electron chi connectivity index (χ3n) is 2.45. The van der Waals surface area contributed by atoms with Crippen molar-refractivity contribution in [2.24, 2.45) is 0 Å². The second-order valence-electron chi connectivity index (χ2n) is 3.83. The van der Waals surface area contributed by atoms with Crippen molar-refractivity contribution in [1.29, 1.82) is 0 Å². The lowest BCUT2D eigenvalue weighted by atomic mass is 10.2. The molecule has 0 radical (unpaired) electrons. The maximum Gasteiger partial charge on any atom is 0.291 e. The van der Waals surface area contributed by atoms with Gasteiger partial charge in [0.2, 0.25) is 11.8 Å². The molecule has 94 valence electrons. The lowest BCUT2D eigenvalue weighted by molar-refractivity contribution is 0.0773. The molecule has 7 nitrogen and oxygen atoms in total. The SMILES string of the molecule is CN(Cc1ccccc1O)C(=O)c1nc(N)n[nH]1. The highest BCUT2D eigenvalue weighted by Gasteiger charge is 2.16. The lowest BCUT2D eigenvalue weighted by Gasteiger charge is -2.16. The summed E-state index contributed by atoms with van der Waals surface area (Å²) in [7, 11) is 1.60. The van der Waals surface area contributed by atoms with Gasteiger partial charge >= 0.3 is 0 Å². The summed E-state index contributed by atoms with van der Waals surface area (Å²) >= 11 is 0. The Morgan fingerprint density at radius 3 is 2.83 bits per heavy atom. The number of nitrogen functional groups attached to an aromatic ring is 1. The van der Waals surface area contributed by atoms with Gasteiger partial charge in [-0.3, -0.25) is 9.89 Å². The molecule has 0 aliphatic heterocycles. The molecular formula is C11H13N5O2. The first-order valence-electron chi connectivity index (χ1n) is 5.28. The van der Waals surface area contributed by atoms with E-state index in [9.17, 15) is 9.90 Å². The molecule has 1 amide bonds. The van der Waals surface area contributed by atoms with Crippen molar-refractivity contribution < 1.29 is 9.90 Å². The van der Waals surface area contributed by atoms with Gasteiger partial charge in [-0.15, -0.1) is 5.10 Å². The molecule has 1 aromatic heterocycles. The highest BCUT2D eigenvalue weighted by molar-refractivity contribution is 5.90. The lowest BCUT2D eigenvalue weighted by Crippen LogP contribution is -2.27. The van der Waals surface area contributed by atoms with Crippen LogP contribution in [0.25, 0.3) is 0 Å². The monoisotopic (exact) mass is 247 g/mol. The van der Waals surface area contributed by atoms with Gasteiger partial charge in [0.25, 0.3) is 5.91 Å². The number of amides is 1. The largest absolute Gasteiger partial charge is 0.508 e. The molecule has 7 heteroatoms. The van der Waals surface area contributed by atoms with Crippen LogP contribution in [0.15, 0.2) is 24.3 Å². The molecule has 0 fully saturated rings. The number of aromatic amines is 1. The fourth-order valence-corrected chi connectivity index (χ4v) is 1.52. The van der Waals surface area contributed by atoms with E-state index in [0.29, 0.717) is 5.56 Å². The molecule has 1 heterocycles. The normalized spacial score (nSPS) is 10.3. The van der Waals surface area contributed by atoms with E-state index in [2.05, 4.69) is 15.2 Å². The number of carbonyl (C=O) groups excluding carboxylic acids is 1. The third kappa shape index (κ3) is 2.40. The molecule has 0 saturated heterocycles. The van der Waals surface area contributed by atoms with Crippen LogP contribution in [0.1, 0.15) is 16.2 Å². The van der Waals surface area contributed by atoms with E-state index in [1.54, 1.807) is 31.3 Å². The number of para-hydroxylation sites is 1. The fourth-order valence-electron chi connectivity index (χ4n) is 1.52. The Kier molecular flexibility index (Phi) is 3.13. The maximum atomic E-state index is 11.9. The molecule has 0 saturated carbocycles. The van der Waals surface area contributed by atoms with Gasteiger partial charge < -0.3 is 15.7 Å². The zero-order valence-corrected chi connectivity index (χ0v) is 9.79. The number of aromatic nitrogens is 3. The van der Waals surface area contributed by atoms with Crippen LogP contribution in [0, 0.1) is 0 Å². The Labute approximate surface area is 103 Å². The summed E-state index contributed by atoms with van der Waals surface area (Å²) in [6.45, 7) is 0.270. The van der Waals surface area contributed by atoms with E-state index in [0.717, 1.165) is 0 Å². The zero-order chi connectivity index (χ0) is 13.1. The number of aromatic hydroxyl groups is 1. The van der Waals surface area contributed by atoms with Crippen molar-refractivity contribution in [2.45, 2.75) is 6.54 Å². The van der Waals surface area contributed by atoms with Gasteiger partial charge in [0.15, 0.2) is 0 Å². The van der Waals surface area contributed by atoms with Crippen LogP contribution in [0.5, 0.6) is 5.75 Å². The molecule has 0 spiro atoms. The van der Waals surface area contributed by atoms with Gasteiger partial charge in [-0.1, -0.05) is 18.2 Å². The summed E-state index contributed by atoms with van der Waals surface area (Å²) in [6, 6.07) is 6.82. The summed E-state index contributed by atoms with van der Waals surface area (Å²) in [5.74, 6) is -0.101. The van der Waals surface area contributed by atoms with Gasteiger partial charge in [0.1, 0.15) is 5.75 Å². The highest BCUT2D eigenvalue weighted by Crippen LogP contribution is 2.17. The van der Waals surface area contributed by atoms with Gasteiger partial charge in [0.05, 0.1) is 0 Å². The van der Waals surface area contributed by atoms with Crippen molar-refractivity contribution in [1.82, 2.24) is 20.1 Å². The fraction of sp³-hybridized carbons (Fsp3) is 0.182. The van der Waals surface area contributed by atoms with Crippen LogP contribution in [-0.2, 0) is 6.54 Å². The van der Waals surface area contributed by atoms with Crippen molar-refractivity contribution in [2.75, 3.05) is 12.8 Å². The number of nitrogens with one attached hydrogen (secondary N) is 1. The molecule has 2 rings (SSSR count). The van der Waals surface area contributed by atoms with Crippen molar-refractivity contribution in [3.05, 3.63) is 35.7 Å². The van der Waals surface area contributed by atoms with Gasteiger partial charge in [-0.05, 0) is 6.07 Å². The number of H-pyrrole nitrogens is 1. The maximum absolute atomic E-state index is 11.9. The van der Waals surface area contributed by atoms with E-state index < -0.39 is 0 Å². The highest BCUT2D eigenvalue weighted by atomic mass is 16.3. The van der Waals surface area contributed by atoms with Crippen LogP contribution in [0.3, 0.4) is 0 Å². The van der Waals surface area contributed by atoms with E-state index >= 15 is 0 Å². The minimum absolute atomic E-state index is 0.0225. The molecule has 2 aromatic rings. The predicted octanol–water partition coefficient (Wildman–Crippen LogP) is 0.365. The molecule has 0 atom stereocenters. The molecule has 4 N–H and O–H groups in total. The van der Waals surface area contributed by atoms with Crippen LogP contribution < -0.4 is 5.73 Å². The minimum Gasteiger partial charge on any atom is -0.508 e. The summed E-state index contributed by atoms with van der Waals surface area (Å²) in [5.41, 5.74) is 5.98. The smallest absolute Gasteiger partial charge is 0.291 e. The molecule has 0 unspecified atom stereocenters. The van der Waals surface area contributed by atoms with Crippen molar-refractivity contribution in [3.63, 3.8) is 0 Å². The van der Waals surface area contributed by atoms with Crippen molar-refractivity contribution >= 4 is 11.9 Å². The minimum atomic E-state index is -0.345. The number of hydrogen-bond donors (Lipinski definition) is 3. The average Bonchev–Trinajstić information content (AvgIpc) is 2.78. The average molecular weight is 247 g/mol. The number of anilines is 1. The summed E-state index contributed by atoms with van der Waals surface area (Å²) in [5, 5.41) is 15.7. The Bertz CT molecular complexity index is 566. The summed E-state index contributed by atoms with van der Waals surface area (Å²) in [4.78, 5) is 17.1. The Hall–Kier alpha value is -2.57. The Morgan fingerprint density at radius 2 is 2.22 bits per heavy atom. The number of nitrogens with zero attached hydrogens (tertiary/aromatic N) is 3. The summed E-state index contributed by atoms with van der Waals surface area (Å²) < 4.78 is 0. The second-order valence-corrected chi connectivity index (χ2v) is 3.83. The van der Waals surface area contributed by atoms with Crippen molar-refractivity contribution in [3.8, 4) is 5.75 Å². The van der Waals surface area contributed by atoms with Crippen LogP contribution in [0.4, 0.5) is 5.95 Å². The summed E-state index contributed by atoms with van der Waals surface area (Å²) in [6.07, 6.45) is 0. The first kappa shape index (κ1) is 11.9. The zero-order valence-electron chi connectivity index (χ0n) is 9.79. The molecule has 0 aliphatic rings. The third-order valence-corrected chi connectivity index (χ3v) is 2.45. The van der Waals surface area contributed by atoms with Crippen LogP contribution >= 0.6 is 0 Å². The quantitative estimate of drug-likeness (QED) is 0.726. The Balaban J connectivity index is 2.11. The number of rotatable bonds is 3. The predicted molar refractivity (Wildman–Crippen MR) is 64.7 cm³/mol. The number of phenols is 1. The topological polar surface area (TPSA) is 108 Å². The van der Waals surface area contributed by atoms with Gasteiger partial charge in [0, 0.05) is 19.2 Å². The number of phenolic OH excluding ortho intramolecular Hbond substituents is 1. The molecule has 0 bridgehead atoms. The van der Waals surface area contributed by atoms with E-state index in [4.69, 9.17) is 5.73 Å². The van der Waals surface area contributed by atoms with Gasteiger partial charge in [-0.2, -0.15) is 4.98 Å². The molecular weight excluding hydrogens is 234 g/mol. The molecule has 1 aromatic carbocycles. The number of hydrogen-bond acceptors (Lipinski definition) is 5. The Morgan fingerprint density at radius 1 is 1.50 bits per heavy atom. The number of benzene rings is 1. The standard InChI is InChI=1S/C11H13N5O2/c1-16(6-7-4-2-3-5-8(7)17)10(18)9-13-11(12)15-14-9/h2-5,17H,6H2,1H3,(H3,12,13,14,15). The number of nitrogens with two attached hydrogens (primary N) is 1. The van der Waals surface area contributed by atoms with Crippen LogP contribution in [0.2, 0.25) is 0 Å². The first-order valence-corrected chi connectivity index (χ1v) is 5.28. The molecule has 18 heavy (non-hydrogen) atoms. The van der Waals surface area contributed by atoms with E-state index in [-0.39, 0.29) is 30.0 Å². The van der Waals surface area contributed by atoms with E-state index in [1.807, 2.05) is 0 Å².